The molecule has 0 atom stereocenters. The molecule has 18 heavy (non-hydrogen) atoms. The molecule has 0 N–H and O–H groups in total. The Morgan fingerprint density at radius 2 is 2.06 bits per heavy atom. The zero-order chi connectivity index (χ0) is 13.8. The molecule has 0 fully saturated rings. The van der Waals surface area contributed by atoms with Crippen LogP contribution in [0.1, 0.15) is 18.1 Å². The molecule has 0 aliphatic heterocycles. The van der Waals surface area contributed by atoms with Gasteiger partial charge in [-0.05, 0) is 24.6 Å². The molecule has 2 nitrogen and oxygen atoms in total. The van der Waals surface area contributed by atoms with Crippen LogP contribution >= 0.6 is 15.9 Å². The van der Waals surface area contributed by atoms with E-state index in [1.165, 1.54) is 12.1 Å². The smallest absolute Gasteiger partial charge is 0.419 e. The van der Waals surface area contributed by atoms with Crippen LogP contribution in [0.4, 0.5) is 13.2 Å². The fourth-order valence-corrected chi connectivity index (χ4v) is 1.66. The summed E-state index contributed by atoms with van der Waals surface area (Å²) in [7, 11) is 0. The molecule has 6 heteroatoms. The highest BCUT2D eigenvalue weighted by atomic mass is 79.9. The highest BCUT2D eigenvalue weighted by Gasteiger charge is 2.34. The van der Waals surface area contributed by atoms with E-state index in [2.05, 4.69) is 15.9 Å². The average Bonchev–Trinajstić information content (AvgIpc) is 2.30. The molecule has 0 aromatic heterocycles. The summed E-state index contributed by atoms with van der Waals surface area (Å²) in [5.41, 5.74) is -0.514. The topological polar surface area (TPSA) is 26.3 Å². The Kier molecular flexibility index (Phi) is 5.19. The number of carbonyl (C=O) groups excluding carboxylic acids is 1. The number of ketones is 1. The highest BCUT2D eigenvalue weighted by molar-refractivity contribution is 9.09. The summed E-state index contributed by atoms with van der Waals surface area (Å²) in [6, 6.07) is 3.69. The van der Waals surface area contributed by atoms with E-state index in [1.807, 2.05) is 0 Å². The largest absolute Gasteiger partial charge is 0.493 e. The van der Waals surface area contributed by atoms with E-state index >= 15 is 0 Å². The van der Waals surface area contributed by atoms with Gasteiger partial charge < -0.3 is 4.74 Å². The van der Waals surface area contributed by atoms with Gasteiger partial charge in [-0.15, -0.1) is 0 Å². The maximum Gasteiger partial charge on any atom is 0.419 e. The molecule has 1 rings (SSSR count). The van der Waals surface area contributed by atoms with Gasteiger partial charge in [-0.1, -0.05) is 22.0 Å². The number of rotatable bonds is 5. The summed E-state index contributed by atoms with van der Waals surface area (Å²) in [5, 5.41) is 0.127. The normalized spacial score (nSPS) is 11.4. The van der Waals surface area contributed by atoms with E-state index in [4.69, 9.17) is 4.74 Å². The Bertz CT molecular complexity index is 430. The number of ether oxygens (including phenoxy) is 1. The molecule has 0 bridgehead atoms. The first-order valence-corrected chi connectivity index (χ1v) is 6.41. The quantitative estimate of drug-likeness (QED) is 0.773. The zero-order valence-electron chi connectivity index (χ0n) is 9.68. The van der Waals surface area contributed by atoms with Crippen molar-refractivity contribution in [3.8, 4) is 5.75 Å². The van der Waals surface area contributed by atoms with Crippen LogP contribution in [0.15, 0.2) is 18.2 Å². The monoisotopic (exact) mass is 324 g/mol. The SMILES string of the molecule is CCOc1ccc(CC(=O)CBr)cc1C(F)(F)F. The van der Waals surface area contributed by atoms with Crippen molar-refractivity contribution in [1.29, 1.82) is 0 Å². The molecule has 0 amide bonds. The van der Waals surface area contributed by atoms with Gasteiger partial charge in [0, 0.05) is 6.42 Å². The van der Waals surface area contributed by atoms with Crippen LogP contribution in [-0.4, -0.2) is 17.7 Å². The molecule has 1 aromatic rings. The number of hydrogen-bond donors (Lipinski definition) is 0. The van der Waals surface area contributed by atoms with Gasteiger partial charge in [0.25, 0.3) is 0 Å². The van der Waals surface area contributed by atoms with Gasteiger partial charge in [0.1, 0.15) is 11.5 Å². The predicted octanol–water partition coefficient (Wildman–Crippen LogP) is 3.61. The van der Waals surface area contributed by atoms with Gasteiger partial charge in [-0.3, -0.25) is 4.79 Å². The Labute approximate surface area is 111 Å². The van der Waals surface area contributed by atoms with E-state index in [0.29, 0.717) is 5.56 Å². The lowest BCUT2D eigenvalue weighted by Crippen LogP contribution is -2.11. The molecule has 0 aliphatic carbocycles. The van der Waals surface area contributed by atoms with Crippen LogP contribution in [-0.2, 0) is 17.4 Å². The van der Waals surface area contributed by atoms with Gasteiger partial charge in [-0.2, -0.15) is 13.2 Å². The molecule has 0 heterocycles. The molecule has 0 saturated carbocycles. The Hall–Kier alpha value is -1.04. The Balaban J connectivity index is 3.09. The average molecular weight is 325 g/mol. The van der Waals surface area contributed by atoms with Gasteiger partial charge in [0.15, 0.2) is 0 Å². The van der Waals surface area contributed by atoms with E-state index in [0.717, 1.165) is 6.07 Å². The van der Waals surface area contributed by atoms with E-state index in [-0.39, 0.29) is 29.9 Å². The van der Waals surface area contributed by atoms with Crippen molar-refractivity contribution in [1.82, 2.24) is 0 Å². The predicted molar refractivity (Wildman–Crippen MR) is 65.1 cm³/mol. The highest BCUT2D eigenvalue weighted by Crippen LogP contribution is 2.36. The fourth-order valence-electron chi connectivity index (χ4n) is 1.46. The van der Waals surface area contributed by atoms with E-state index < -0.39 is 11.7 Å². The maximum absolute atomic E-state index is 12.8. The molecular weight excluding hydrogens is 313 g/mol. The lowest BCUT2D eigenvalue weighted by Gasteiger charge is -2.14. The van der Waals surface area contributed by atoms with Crippen LogP contribution in [0.3, 0.4) is 0 Å². The van der Waals surface area contributed by atoms with Gasteiger partial charge in [0.2, 0.25) is 0 Å². The van der Waals surface area contributed by atoms with Crippen molar-refractivity contribution in [2.45, 2.75) is 19.5 Å². The van der Waals surface area contributed by atoms with Crippen molar-refractivity contribution >= 4 is 21.7 Å². The number of benzene rings is 1. The minimum absolute atomic E-state index is 0.0270. The number of carbonyl (C=O) groups is 1. The third-order valence-electron chi connectivity index (χ3n) is 2.20. The molecular formula is C12H12BrF3O2. The van der Waals surface area contributed by atoms with E-state index in [1.54, 1.807) is 6.92 Å². The summed E-state index contributed by atoms with van der Waals surface area (Å²) in [6.45, 7) is 1.77. The summed E-state index contributed by atoms with van der Waals surface area (Å²) >= 11 is 2.97. The summed E-state index contributed by atoms with van der Waals surface area (Å²) in [6.07, 6.45) is -4.52. The second-order valence-corrected chi connectivity index (χ2v) is 4.17. The van der Waals surface area contributed by atoms with Crippen LogP contribution in [0.2, 0.25) is 0 Å². The summed E-state index contributed by atoms with van der Waals surface area (Å²) < 4.78 is 43.3. The number of halogens is 4. The third-order valence-corrected chi connectivity index (χ3v) is 2.82. The van der Waals surface area contributed by atoms with Crippen molar-refractivity contribution in [2.24, 2.45) is 0 Å². The molecule has 0 unspecified atom stereocenters. The number of Topliss-reactive ketones (excluding diaryl/α,β-unsaturated/α-hetero) is 1. The van der Waals surface area contributed by atoms with Crippen LogP contribution in [0, 0.1) is 0 Å². The molecule has 0 radical (unpaired) electrons. The first-order chi connectivity index (χ1) is 8.38. The van der Waals surface area contributed by atoms with Crippen LogP contribution in [0.5, 0.6) is 5.75 Å². The van der Waals surface area contributed by atoms with Crippen molar-refractivity contribution in [3.63, 3.8) is 0 Å². The minimum Gasteiger partial charge on any atom is -0.493 e. The fraction of sp³-hybridized carbons (Fsp3) is 0.417. The molecule has 0 aliphatic rings. The van der Waals surface area contributed by atoms with Crippen LogP contribution in [0.25, 0.3) is 0 Å². The minimum atomic E-state index is -4.49. The first-order valence-electron chi connectivity index (χ1n) is 5.29. The molecule has 0 saturated heterocycles. The molecule has 1 aromatic carbocycles. The van der Waals surface area contributed by atoms with Crippen molar-refractivity contribution in [3.05, 3.63) is 29.3 Å². The first kappa shape index (κ1) is 15.0. The summed E-state index contributed by atoms with van der Waals surface area (Å²) in [5.74, 6) is -0.382. The lowest BCUT2D eigenvalue weighted by atomic mass is 10.0. The Morgan fingerprint density at radius 3 is 2.56 bits per heavy atom. The molecule has 100 valence electrons. The van der Waals surface area contributed by atoms with Gasteiger partial charge in [0.05, 0.1) is 17.5 Å². The van der Waals surface area contributed by atoms with Gasteiger partial charge >= 0.3 is 6.18 Å². The summed E-state index contributed by atoms with van der Waals surface area (Å²) in [4.78, 5) is 11.2. The number of alkyl halides is 4. The molecule has 0 spiro atoms. The van der Waals surface area contributed by atoms with Crippen molar-refractivity contribution in [2.75, 3.05) is 11.9 Å². The zero-order valence-corrected chi connectivity index (χ0v) is 11.3. The number of hydrogen-bond acceptors (Lipinski definition) is 2. The lowest BCUT2D eigenvalue weighted by molar-refractivity contribution is -0.139. The van der Waals surface area contributed by atoms with E-state index in [9.17, 15) is 18.0 Å². The standard InChI is InChI=1S/C12H12BrF3O2/c1-2-18-11-4-3-8(5-9(17)7-13)6-10(11)12(14,15)16/h3-4,6H,2,5,7H2,1H3. The van der Waals surface area contributed by atoms with Crippen LogP contribution < -0.4 is 4.74 Å². The Morgan fingerprint density at radius 1 is 1.39 bits per heavy atom. The van der Waals surface area contributed by atoms with Gasteiger partial charge in [-0.25, -0.2) is 0 Å². The van der Waals surface area contributed by atoms with Crippen molar-refractivity contribution < 1.29 is 22.7 Å². The third kappa shape index (κ3) is 4.01. The second kappa shape index (κ2) is 6.22. The second-order valence-electron chi connectivity index (χ2n) is 3.61. The maximum atomic E-state index is 12.8.